The fourth-order valence-corrected chi connectivity index (χ4v) is 4.21. The van der Waals surface area contributed by atoms with Gasteiger partial charge in [-0.25, -0.2) is 9.88 Å². The van der Waals surface area contributed by atoms with Crippen molar-refractivity contribution in [3.63, 3.8) is 0 Å². The summed E-state index contributed by atoms with van der Waals surface area (Å²) in [5.41, 5.74) is 2.31. The molecule has 3 heterocycles. The number of hydrogen-bond donors (Lipinski definition) is 0. The number of thioether (sulfide) groups is 1. The summed E-state index contributed by atoms with van der Waals surface area (Å²) < 4.78 is 6.92. The molecule has 1 fully saturated rings. The first-order valence-corrected chi connectivity index (χ1v) is 9.23. The van der Waals surface area contributed by atoms with Gasteiger partial charge in [-0.15, -0.1) is 10.2 Å². The lowest BCUT2D eigenvalue weighted by Gasteiger charge is -2.15. The first kappa shape index (κ1) is 17.5. The minimum atomic E-state index is -0.548. The monoisotopic (exact) mass is 383 g/mol. The molecular formula is C18H17N5O3S. The second-order valence-corrected chi connectivity index (χ2v) is 7.40. The summed E-state index contributed by atoms with van der Waals surface area (Å²) in [5.74, 6) is 0.655. The Morgan fingerprint density at radius 1 is 1.15 bits per heavy atom. The lowest BCUT2D eigenvalue weighted by Crippen LogP contribution is -2.31. The summed E-state index contributed by atoms with van der Waals surface area (Å²) in [7, 11) is 1.56. The zero-order valence-corrected chi connectivity index (χ0v) is 15.9. The smallest absolute Gasteiger partial charge is 0.256 e. The van der Waals surface area contributed by atoms with Crippen LogP contribution in [0.15, 0.2) is 35.5 Å². The van der Waals surface area contributed by atoms with E-state index in [1.54, 1.807) is 35.8 Å². The lowest BCUT2D eigenvalue weighted by molar-refractivity contribution is -0.121. The lowest BCUT2D eigenvalue weighted by atomic mass is 10.3. The van der Waals surface area contributed by atoms with E-state index >= 15 is 0 Å². The number of imide groups is 1. The number of aryl methyl sites for hydroxylation is 2. The van der Waals surface area contributed by atoms with Crippen LogP contribution >= 0.6 is 11.8 Å². The zero-order valence-electron chi connectivity index (χ0n) is 15.0. The number of carbonyl (C=O) groups is 2. The van der Waals surface area contributed by atoms with Crippen molar-refractivity contribution in [3.05, 3.63) is 41.7 Å². The van der Waals surface area contributed by atoms with Crippen molar-refractivity contribution in [2.45, 2.75) is 30.7 Å². The Labute approximate surface area is 159 Å². The average Bonchev–Trinajstić information content (AvgIpc) is 3.16. The molecule has 1 aromatic carbocycles. The van der Waals surface area contributed by atoms with Crippen molar-refractivity contribution < 1.29 is 14.3 Å². The van der Waals surface area contributed by atoms with Crippen molar-refractivity contribution in [3.8, 4) is 5.75 Å². The molecule has 1 aliphatic heterocycles. The van der Waals surface area contributed by atoms with Crippen LogP contribution in [0, 0.1) is 13.8 Å². The van der Waals surface area contributed by atoms with E-state index in [1.165, 1.54) is 16.7 Å². The third-order valence-corrected chi connectivity index (χ3v) is 5.47. The number of methoxy groups -OCH3 is 1. The van der Waals surface area contributed by atoms with Gasteiger partial charge in [-0.2, -0.15) is 0 Å². The van der Waals surface area contributed by atoms with Gasteiger partial charge in [-0.05, 0) is 44.2 Å². The second kappa shape index (κ2) is 6.66. The van der Waals surface area contributed by atoms with Gasteiger partial charge in [0.1, 0.15) is 11.0 Å². The normalized spacial score (nSPS) is 17.1. The molecule has 2 aromatic heterocycles. The van der Waals surface area contributed by atoms with Crippen LogP contribution in [0.25, 0.3) is 5.78 Å². The molecule has 1 aliphatic rings. The van der Waals surface area contributed by atoms with E-state index in [4.69, 9.17) is 4.74 Å². The highest BCUT2D eigenvalue weighted by molar-refractivity contribution is 8.00. The van der Waals surface area contributed by atoms with Gasteiger partial charge in [-0.3, -0.25) is 14.0 Å². The number of fused-ring (bicyclic) bond motifs is 1. The van der Waals surface area contributed by atoms with E-state index in [0.717, 1.165) is 11.4 Å². The number of benzene rings is 1. The number of nitrogens with zero attached hydrogens (tertiary/aromatic N) is 5. The van der Waals surface area contributed by atoms with Gasteiger partial charge in [0.2, 0.25) is 11.8 Å². The number of ether oxygens (including phenoxy) is 1. The van der Waals surface area contributed by atoms with Crippen LogP contribution in [0.3, 0.4) is 0 Å². The van der Waals surface area contributed by atoms with Crippen LogP contribution in [0.1, 0.15) is 17.8 Å². The third-order valence-electron chi connectivity index (χ3n) is 4.35. The third kappa shape index (κ3) is 3.03. The van der Waals surface area contributed by atoms with Crippen LogP contribution < -0.4 is 9.64 Å². The maximum absolute atomic E-state index is 12.9. The van der Waals surface area contributed by atoms with Gasteiger partial charge in [0.05, 0.1) is 12.8 Å². The molecule has 0 saturated carbocycles. The van der Waals surface area contributed by atoms with Crippen LogP contribution in [0.4, 0.5) is 5.69 Å². The molecule has 4 rings (SSSR count). The molecule has 0 aliphatic carbocycles. The summed E-state index contributed by atoms with van der Waals surface area (Å²) in [6.07, 6.45) is 0.114. The highest BCUT2D eigenvalue weighted by Gasteiger charge is 2.41. The van der Waals surface area contributed by atoms with Crippen LogP contribution in [0.2, 0.25) is 0 Å². The number of amides is 2. The minimum Gasteiger partial charge on any atom is -0.497 e. The Morgan fingerprint density at radius 3 is 2.59 bits per heavy atom. The number of anilines is 1. The van der Waals surface area contributed by atoms with Gasteiger partial charge < -0.3 is 4.74 Å². The number of rotatable bonds is 4. The second-order valence-electron chi connectivity index (χ2n) is 6.23. The van der Waals surface area contributed by atoms with Gasteiger partial charge in [0, 0.05) is 17.8 Å². The van der Waals surface area contributed by atoms with Crippen LogP contribution in [-0.4, -0.2) is 43.8 Å². The average molecular weight is 383 g/mol. The summed E-state index contributed by atoms with van der Waals surface area (Å²) >= 11 is 1.24. The standard InChI is InChI=1S/C18H17N5O3S/c1-10-8-11(2)22-17(19-10)20-21-18(22)27-14-9-15(24)23(16(14)25)12-4-6-13(26-3)7-5-12/h4-8,14H,9H2,1-3H3/t14-/m1/s1. The number of carbonyl (C=O) groups excluding carboxylic acids is 2. The molecule has 0 radical (unpaired) electrons. The summed E-state index contributed by atoms with van der Waals surface area (Å²) in [6.45, 7) is 3.82. The molecule has 9 heteroatoms. The Kier molecular flexibility index (Phi) is 4.31. The minimum absolute atomic E-state index is 0.114. The molecule has 1 atom stereocenters. The predicted molar refractivity (Wildman–Crippen MR) is 100 cm³/mol. The molecule has 2 amide bonds. The maximum Gasteiger partial charge on any atom is 0.256 e. The van der Waals surface area contributed by atoms with Gasteiger partial charge in [0.15, 0.2) is 5.16 Å². The van der Waals surface area contributed by atoms with E-state index in [0.29, 0.717) is 22.4 Å². The molecule has 0 N–H and O–H groups in total. The van der Waals surface area contributed by atoms with Crippen LogP contribution in [-0.2, 0) is 9.59 Å². The van der Waals surface area contributed by atoms with E-state index < -0.39 is 5.25 Å². The van der Waals surface area contributed by atoms with Gasteiger partial charge >= 0.3 is 0 Å². The Hall–Kier alpha value is -2.94. The molecule has 138 valence electrons. The van der Waals surface area contributed by atoms with Crippen molar-refractivity contribution in [2.75, 3.05) is 12.0 Å². The van der Waals surface area contributed by atoms with Crippen molar-refractivity contribution in [1.82, 2.24) is 19.6 Å². The molecule has 3 aromatic rings. The molecule has 0 bridgehead atoms. The van der Waals surface area contributed by atoms with Crippen LogP contribution in [0.5, 0.6) is 5.75 Å². The van der Waals surface area contributed by atoms with Gasteiger partial charge in [0.25, 0.3) is 5.78 Å². The van der Waals surface area contributed by atoms with E-state index in [9.17, 15) is 9.59 Å². The van der Waals surface area contributed by atoms with Gasteiger partial charge in [-0.1, -0.05) is 11.8 Å². The largest absolute Gasteiger partial charge is 0.497 e. The molecule has 8 nitrogen and oxygen atoms in total. The molecule has 1 saturated heterocycles. The highest BCUT2D eigenvalue weighted by Crippen LogP contribution is 2.34. The summed E-state index contributed by atoms with van der Waals surface area (Å²) in [5, 5.41) is 8.24. The molecular weight excluding hydrogens is 366 g/mol. The summed E-state index contributed by atoms with van der Waals surface area (Å²) in [4.78, 5) is 30.9. The number of aromatic nitrogens is 4. The quantitative estimate of drug-likeness (QED) is 0.638. The SMILES string of the molecule is COc1ccc(N2C(=O)C[C@@H](Sc3nnc4nc(C)cc(C)n34)C2=O)cc1. The molecule has 27 heavy (non-hydrogen) atoms. The zero-order chi connectivity index (χ0) is 19.1. The molecule has 0 spiro atoms. The molecule has 0 unspecified atom stereocenters. The predicted octanol–water partition coefficient (Wildman–Crippen LogP) is 2.17. The highest BCUT2D eigenvalue weighted by atomic mass is 32.2. The topological polar surface area (TPSA) is 89.7 Å². The Balaban J connectivity index is 1.61. The Morgan fingerprint density at radius 2 is 1.89 bits per heavy atom. The summed E-state index contributed by atoms with van der Waals surface area (Å²) in [6, 6.07) is 8.77. The number of hydrogen-bond acceptors (Lipinski definition) is 7. The van der Waals surface area contributed by atoms with E-state index in [-0.39, 0.29) is 18.2 Å². The van der Waals surface area contributed by atoms with Crippen molar-refractivity contribution in [1.29, 1.82) is 0 Å². The maximum atomic E-state index is 12.9. The Bertz CT molecular complexity index is 1050. The fraction of sp³-hybridized carbons (Fsp3) is 0.278. The van der Waals surface area contributed by atoms with E-state index in [2.05, 4.69) is 15.2 Å². The van der Waals surface area contributed by atoms with Crippen molar-refractivity contribution >= 4 is 35.0 Å². The first-order chi connectivity index (χ1) is 13.0. The van der Waals surface area contributed by atoms with E-state index in [1.807, 2.05) is 19.9 Å². The first-order valence-electron chi connectivity index (χ1n) is 8.35. The fourth-order valence-electron chi connectivity index (χ4n) is 3.10. The van der Waals surface area contributed by atoms with Crippen molar-refractivity contribution in [2.24, 2.45) is 0 Å².